The Morgan fingerprint density at radius 1 is 0.422 bits per heavy atom. The lowest BCUT2D eigenvalue weighted by molar-refractivity contribution is -0.705. The molecule has 0 saturated carbocycles. The van der Waals surface area contributed by atoms with Gasteiger partial charge in [-0.1, -0.05) is 214 Å². The van der Waals surface area contributed by atoms with Gasteiger partial charge in [-0.3, -0.25) is 0 Å². The number of imidazole rings is 1. The summed E-state index contributed by atoms with van der Waals surface area (Å²) in [5.41, 5.74) is 0. The Bertz CT molecular complexity index is 705. The van der Waals surface area contributed by atoms with Crippen molar-refractivity contribution in [3.63, 3.8) is 0 Å². The fraction of sp³-hybridized carbons (Fsp3) is 0.930. The van der Waals surface area contributed by atoms with Gasteiger partial charge in [0.15, 0.2) is 0 Å². The lowest BCUT2D eigenvalue weighted by Gasteiger charge is -2.08. The van der Waals surface area contributed by atoms with E-state index in [4.69, 9.17) is 0 Å². The number of hydrogen-bond acceptors (Lipinski definition) is 0. The first-order valence-electron chi connectivity index (χ1n) is 21.3. The normalized spacial score (nSPS) is 11.8. The fourth-order valence-corrected chi connectivity index (χ4v) is 7.36. The number of aromatic nitrogens is 2. The van der Waals surface area contributed by atoms with Crippen LogP contribution in [0.5, 0.6) is 0 Å². The number of rotatable bonds is 36. The van der Waals surface area contributed by atoms with E-state index in [0.717, 1.165) is 0 Å². The zero-order valence-electron chi connectivity index (χ0n) is 31.9. The van der Waals surface area contributed by atoms with Crippen LogP contribution in [0.3, 0.4) is 0 Å². The van der Waals surface area contributed by atoms with Crippen LogP contribution in [0.1, 0.15) is 251 Å². The van der Waals surface area contributed by atoms with Crippen molar-refractivity contribution >= 4 is 0 Å². The SMILES string of the molecule is CCCCCCCCCCCCCCCCCCC[n+]1ccn(CCCCCCCCCCCCCCCCCC)c1C(C)C. The van der Waals surface area contributed by atoms with Crippen LogP contribution in [-0.4, -0.2) is 4.57 Å². The highest BCUT2D eigenvalue weighted by Gasteiger charge is 2.20. The molecule has 0 aliphatic rings. The Morgan fingerprint density at radius 2 is 0.711 bits per heavy atom. The highest BCUT2D eigenvalue weighted by molar-refractivity contribution is 4.89. The third-order valence-electron chi connectivity index (χ3n) is 10.3. The summed E-state index contributed by atoms with van der Waals surface area (Å²) in [5, 5.41) is 0. The Hall–Kier alpha value is -0.790. The second-order valence-electron chi connectivity index (χ2n) is 15.2. The zero-order chi connectivity index (χ0) is 32.5. The average Bonchev–Trinajstić information content (AvgIpc) is 3.45. The average molecular weight is 630 g/mol. The van der Waals surface area contributed by atoms with Crippen LogP contribution in [0.25, 0.3) is 0 Å². The van der Waals surface area contributed by atoms with Crippen LogP contribution in [0.4, 0.5) is 0 Å². The molecule has 45 heavy (non-hydrogen) atoms. The molecule has 2 heteroatoms. The van der Waals surface area contributed by atoms with E-state index >= 15 is 0 Å². The summed E-state index contributed by atoms with van der Waals surface area (Å²) in [4.78, 5) is 0. The number of aryl methyl sites for hydroxylation is 2. The molecule has 0 aliphatic heterocycles. The molecule has 0 radical (unpaired) electrons. The van der Waals surface area contributed by atoms with Gasteiger partial charge in [-0.25, -0.2) is 9.13 Å². The smallest absolute Gasteiger partial charge is 0.234 e. The molecule has 1 aromatic heterocycles. The van der Waals surface area contributed by atoms with E-state index < -0.39 is 0 Å². The number of nitrogens with zero attached hydrogens (tertiary/aromatic N) is 2. The van der Waals surface area contributed by atoms with Gasteiger partial charge in [-0.15, -0.1) is 0 Å². The van der Waals surface area contributed by atoms with E-state index in [2.05, 4.69) is 49.2 Å². The van der Waals surface area contributed by atoms with E-state index in [-0.39, 0.29) is 0 Å². The summed E-state index contributed by atoms with van der Waals surface area (Å²) in [7, 11) is 0. The van der Waals surface area contributed by atoms with E-state index in [1.54, 1.807) is 5.82 Å². The van der Waals surface area contributed by atoms with Crippen LogP contribution < -0.4 is 4.57 Å². The molecule has 266 valence electrons. The molecule has 0 aliphatic carbocycles. The topological polar surface area (TPSA) is 8.81 Å². The van der Waals surface area contributed by atoms with E-state index in [1.165, 1.54) is 225 Å². The first kappa shape index (κ1) is 42.2. The van der Waals surface area contributed by atoms with Crippen LogP contribution in [0.15, 0.2) is 12.4 Å². The Morgan fingerprint density at radius 3 is 1.02 bits per heavy atom. The first-order valence-corrected chi connectivity index (χ1v) is 21.3. The third-order valence-corrected chi connectivity index (χ3v) is 10.3. The Kier molecular flexibility index (Phi) is 31.1. The zero-order valence-corrected chi connectivity index (χ0v) is 31.9. The Labute approximate surface area is 285 Å². The minimum absolute atomic E-state index is 0.604. The molecular weight excluding hydrogens is 544 g/mol. The summed E-state index contributed by atoms with van der Waals surface area (Å²) in [6, 6.07) is 0. The molecule has 0 aromatic carbocycles. The second-order valence-corrected chi connectivity index (χ2v) is 15.2. The van der Waals surface area contributed by atoms with Gasteiger partial charge in [0.05, 0.1) is 19.0 Å². The summed E-state index contributed by atoms with van der Waals surface area (Å²) in [6.45, 7) is 11.8. The van der Waals surface area contributed by atoms with E-state index in [9.17, 15) is 0 Å². The lowest BCUT2D eigenvalue weighted by Crippen LogP contribution is -2.38. The molecule has 0 atom stereocenters. The molecule has 2 nitrogen and oxygen atoms in total. The summed E-state index contributed by atoms with van der Waals surface area (Å²) in [6.07, 6.45) is 52.4. The van der Waals surface area contributed by atoms with Gasteiger partial charge in [-0.05, 0) is 25.7 Å². The molecule has 0 unspecified atom stereocenters. The quantitative estimate of drug-likeness (QED) is 0.0516. The minimum Gasteiger partial charge on any atom is -0.234 e. The van der Waals surface area contributed by atoms with Crippen LogP contribution in [0, 0.1) is 0 Å². The molecule has 1 rings (SSSR count). The molecule has 1 heterocycles. The third kappa shape index (κ3) is 25.9. The van der Waals surface area contributed by atoms with Gasteiger partial charge in [0.2, 0.25) is 0 Å². The highest BCUT2D eigenvalue weighted by atomic mass is 15.1. The number of unbranched alkanes of at least 4 members (excludes halogenated alkanes) is 31. The highest BCUT2D eigenvalue weighted by Crippen LogP contribution is 2.17. The molecule has 0 bridgehead atoms. The van der Waals surface area contributed by atoms with Crippen LogP contribution in [0.2, 0.25) is 0 Å². The van der Waals surface area contributed by atoms with Gasteiger partial charge >= 0.3 is 0 Å². The molecule has 0 spiro atoms. The predicted molar refractivity (Wildman–Crippen MR) is 202 cm³/mol. The van der Waals surface area contributed by atoms with Crippen molar-refractivity contribution < 1.29 is 4.57 Å². The van der Waals surface area contributed by atoms with Crippen molar-refractivity contribution in [2.24, 2.45) is 0 Å². The van der Waals surface area contributed by atoms with Crippen molar-refractivity contribution in [2.45, 2.75) is 259 Å². The molecule has 0 fully saturated rings. The van der Waals surface area contributed by atoms with Crippen LogP contribution in [-0.2, 0) is 13.1 Å². The van der Waals surface area contributed by atoms with E-state index in [0.29, 0.717) is 5.92 Å². The molecule has 0 amide bonds. The first-order chi connectivity index (χ1) is 22.2. The molecule has 0 N–H and O–H groups in total. The van der Waals surface area contributed by atoms with Crippen molar-refractivity contribution in [3.8, 4) is 0 Å². The largest absolute Gasteiger partial charge is 0.258 e. The molecule has 1 aromatic rings. The van der Waals surface area contributed by atoms with Crippen LogP contribution >= 0.6 is 0 Å². The van der Waals surface area contributed by atoms with Crippen molar-refractivity contribution in [2.75, 3.05) is 0 Å². The summed E-state index contributed by atoms with van der Waals surface area (Å²) >= 11 is 0. The van der Waals surface area contributed by atoms with Gasteiger partial charge in [0, 0.05) is 0 Å². The van der Waals surface area contributed by atoms with E-state index in [1.807, 2.05) is 0 Å². The van der Waals surface area contributed by atoms with Gasteiger partial charge in [0.1, 0.15) is 12.4 Å². The van der Waals surface area contributed by atoms with Crippen molar-refractivity contribution in [1.82, 2.24) is 4.57 Å². The standard InChI is InChI=1S/C43H85N2/c1-5-7-9-11-13-15-17-19-21-23-25-27-29-31-33-35-37-39-45-41-40-44(43(45)42(3)4)38-36-34-32-30-28-26-24-22-20-18-16-14-12-10-8-6-2/h40-42H,5-39H2,1-4H3/q+1. The maximum atomic E-state index is 2.57. The monoisotopic (exact) mass is 630 g/mol. The van der Waals surface area contributed by atoms with Crippen molar-refractivity contribution in [1.29, 1.82) is 0 Å². The van der Waals surface area contributed by atoms with Gasteiger partial charge in [-0.2, -0.15) is 0 Å². The summed E-state index contributed by atoms with van der Waals surface area (Å²) < 4.78 is 5.14. The number of hydrogen-bond donors (Lipinski definition) is 0. The minimum atomic E-state index is 0.604. The molecule has 0 saturated heterocycles. The predicted octanol–water partition coefficient (Wildman–Crippen LogP) is 14.8. The van der Waals surface area contributed by atoms with Crippen molar-refractivity contribution in [3.05, 3.63) is 18.2 Å². The lowest BCUT2D eigenvalue weighted by atomic mass is 10.0. The molecular formula is C43H85N2+. The summed E-state index contributed by atoms with van der Waals surface area (Å²) in [5.74, 6) is 2.15. The maximum Gasteiger partial charge on any atom is 0.258 e. The Balaban J connectivity index is 1.96. The van der Waals surface area contributed by atoms with Gasteiger partial charge in [0.25, 0.3) is 5.82 Å². The maximum absolute atomic E-state index is 2.57. The van der Waals surface area contributed by atoms with Gasteiger partial charge < -0.3 is 0 Å². The second kappa shape index (κ2) is 33.1. The fourth-order valence-electron chi connectivity index (χ4n) is 7.36.